The van der Waals surface area contributed by atoms with E-state index in [-0.39, 0.29) is 23.5 Å². The molecular weight excluding hydrogens is 312 g/mol. The van der Waals surface area contributed by atoms with Crippen molar-refractivity contribution >= 4 is 23.5 Å². The van der Waals surface area contributed by atoms with Gasteiger partial charge in [0.15, 0.2) is 0 Å². The number of hydrogen-bond acceptors (Lipinski definition) is 6. The molecule has 1 aliphatic carbocycles. The molecule has 1 aromatic heterocycles. The number of phenols is 1. The summed E-state index contributed by atoms with van der Waals surface area (Å²) in [5.74, 6) is 0.791. The van der Waals surface area contributed by atoms with Crippen molar-refractivity contribution in [3.05, 3.63) is 41.6 Å². The minimum Gasteiger partial charge on any atom is -0.508 e. The SMILES string of the molecule is CSc1nc2n(n1)[C@H](c1ccc(O)cc1)[C@H]1C(=O)CCC=C1N2. The zero-order valence-corrected chi connectivity index (χ0v) is 13.4. The van der Waals surface area contributed by atoms with E-state index in [0.29, 0.717) is 17.5 Å². The van der Waals surface area contributed by atoms with E-state index in [9.17, 15) is 9.90 Å². The number of Topliss-reactive ketones (excluding diaryl/α,β-unsaturated/α-hetero) is 1. The molecule has 0 amide bonds. The first-order valence-corrected chi connectivity index (χ1v) is 8.69. The standard InChI is InChI=1S/C16H16N4O2S/c1-23-16-18-15-17-11-3-2-4-12(22)13(11)14(20(15)19-16)9-5-7-10(21)8-6-9/h3,5-8,13-14,21H,2,4H2,1H3,(H,17,18,19)/t13-,14-/m1/s1. The van der Waals surface area contributed by atoms with Crippen LogP contribution < -0.4 is 5.32 Å². The maximum atomic E-state index is 12.6. The Morgan fingerprint density at radius 2 is 2.13 bits per heavy atom. The molecule has 2 heterocycles. The van der Waals surface area contributed by atoms with Gasteiger partial charge in [-0.2, -0.15) is 4.98 Å². The number of fused-ring (bicyclic) bond motifs is 2. The van der Waals surface area contributed by atoms with Crippen molar-refractivity contribution in [2.45, 2.75) is 24.0 Å². The van der Waals surface area contributed by atoms with E-state index in [1.807, 2.05) is 18.4 Å². The Morgan fingerprint density at radius 3 is 2.87 bits per heavy atom. The van der Waals surface area contributed by atoms with Crippen LogP contribution in [0.5, 0.6) is 5.75 Å². The molecular formula is C16H16N4O2S. The molecule has 2 atom stereocenters. The Bertz CT molecular complexity index is 797. The van der Waals surface area contributed by atoms with E-state index in [1.54, 1.807) is 16.8 Å². The van der Waals surface area contributed by atoms with E-state index in [2.05, 4.69) is 21.5 Å². The molecule has 23 heavy (non-hydrogen) atoms. The fraction of sp³-hybridized carbons (Fsp3) is 0.312. The van der Waals surface area contributed by atoms with Crippen LogP contribution in [0.4, 0.5) is 5.95 Å². The van der Waals surface area contributed by atoms with Gasteiger partial charge in [0, 0.05) is 12.1 Å². The van der Waals surface area contributed by atoms with Crippen molar-refractivity contribution in [3.8, 4) is 5.75 Å². The highest BCUT2D eigenvalue weighted by Gasteiger charge is 2.41. The number of aromatic hydroxyl groups is 1. The molecule has 0 spiro atoms. The molecule has 0 bridgehead atoms. The third-order valence-electron chi connectivity index (χ3n) is 4.30. The van der Waals surface area contributed by atoms with Gasteiger partial charge in [0.25, 0.3) is 0 Å². The second-order valence-corrected chi connectivity index (χ2v) is 6.44. The van der Waals surface area contributed by atoms with Crippen molar-refractivity contribution in [2.24, 2.45) is 5.92 Å². The third-order valence-corrected chi connectivity index (χ3v) is 4.84. The molecule has 2 aromatic rings. The largest absolute Gasteiger partial charge is 0.508 e. The summed E-state index contributed by atoms with van der Waals surface area (Å²) in [7, 11) is 0. The number of carbonyl (C=O) groups is 1. The number of anilines is 1. The Balaban J connectivity index is 1.89. The topological polar surface area (TPSA) is 80.0 Å². The Kier molecular flexibility index (Phi) is 3.37. The number of benzene rings is 1. The van der Waals surface area contributed by atoms with Crippen LogP contribution in [0.3, 0.4) is 0 Å². The van der Waals surface area contributed by atoms with Crippen LogP contribution in [-0.2, 0) is 4.79 Å². The predicted octanol–water partition coefficient (Wildman–Crippen LogP) is 2.58. The van der Waals surface area contributed by atoms with Gasteiger partial charge >= 0.3 is 0 Å². The lowest BCUT2D eigenvalue weighted by Gasteiger charge is -2.36. The first-order valence-electron chi connectivity index (χ1n) is 7.46. The molecule has 6 nitrogen and oxygen atoms in total. The van der Waals surface area contributed by atoms with E-state index in [4.69, 9.17) is 0 Å². The monoisotopic (exact) mass is 328 g/mol. The van der Waals surface area contributed by atoms with Gasteiger partial charge in [0.2, 0.25) is 11.1 Å². The molecule has 0 saturated carbocycles. The van der Waals surface area contributed by atoms with Gasteiger partial charge in [0.05, 0.1) is 12.0 Å². The Hall–Kier alpha value is -2.28. The molecule has 2 N–H and O–H groups in total. The summed E-state index contributed by atoms with van der Waals surface area (Å²) in [5, 5.41) is 18.0. The highest BCUT2D eigenvalue weighted by Crippen LogP contribution is 2.41. The molecule has 4 rings (SSSR count). The van der Waals surface area contributed by atoms with Gasteiger partial charge in [-0.25, -0.2) is 4.68 Å². The van der Waals surface area contributed by atoms with E-state index >= 15 is 0 Å². The highest BCUT2D eigenvalue weighted by molar-refractivity contribution is 7.98. The average Bonchev–Trinajstić information content (AvgIpc) is 2.97. The first kappa shape index (κ1) is 14.3. The number of aromatic nitrogens is 3. The van der Waals surface area contributed by atoms with Crippen molar-refractivity contribution in [1.82, 2.24) is 14.8 Å². The quantitative estimate of drug-likeness (QED) is 0.825. The van der Waals surface area contributed by atoms with Gasteiger partial charge in [-0.15, -0.1) is 5.10 Å². The smallest absolute Gasteiger partial charge is 0.227 e. The minimum absolute atomic E-state index is 0.206. The second-order valence-electron chi connectivity index (χ2n) is 5.67. The van der Waals surface area contributed by atoms with E-state index in [0.717, 1.165) is 17.7 Å². The van der Waals surface area contributed by atoms with Gasteiger partial charge in [-0.1, -0.05) is 30.0 Å². The predicted molar refractivity (Wildman–Crippen MR) is 87.5 cm³/mol. The number of nitrogens with one attached hydrogen (secondary N) is 1. The zero-order valence-electron chi connectivity index (χ0n) is 12.6. The normalized spacial score (nSPS) is 22.8. The lowest BCUT2D eigenvalue weighted by Crippen LogP contribution is -2.38. The number of ketones is 1. The fourth-order valence-electron chi connectivity index (χ4n) is 3.25. The van der Waals surface area contributed by atoms with Gasteiger partial charge in [0.1, 0.15) is 11.5 Å². The van der Waals surface area contributed by atoms with Crippen LogP contribution in [0.1, 0.15) is 24.4 Å². The van der Waals surface area contributed by atoms with Crippen LogP contribution in [0.25, 0.3) is 0 Å². The fourth-order valence-corrected chi connectivity index (χ4v) is 3.59. The number of hydrogen-bond donors (Lipinski definition) is 2. The number of rotatable bonds is 2. The van der Waals surface area contributed by atoms with Crippen molar-refractivity contribution < 1.29 is 9.90 Å². The average molecular weight is 328 g/mol. The minimum atomic E-state index is -0.280. The number of nitrogens with zero attached hydrogens (tertiary/aromatic N) is 3. The van der Waals surface area contributed by atoms with Crippen molar-refractivity contribution in [3.63, 3.8) is 0 Å². The molecule has 0 saturated heterocycles. The molecule has 2 aliphatic rings. The first-order chi connectivity index (χ1) is 11.2. The molecule has 0 fully saturated rings. The molecule has 0 radical (unpaired) electrons. The van der Waals surface area contributed by atoms with Crippen LogP contribution in [-0.4, -0.2) is 31.9 Å². The van der Waals surface area contributed by atoms with Crippen molar-refractivity contribution in [1.29, 1.82) is 0 Å². The molecule has 118 valence electrons. The number of allylic oxidation sites excluding steroid dienone is 2. The Morgan fingerprint density at radius 1 is 1.35 bits per heavy atom. The summed E-state index contributed by atoms with van der Waals surface area (Å²) in [5.41, 5.74) is 1.85. The zero-order chi connectivity index (χ0) is 16.0. The lowest BCUT2D eigenvalue weighted by molar-refractivity contribution is -0.123. The van der Waals surface area contributed by atoms with Crippen LogP contribution in [0.2, 0.25) is 0 Å². The van der Waals surface area contributed by atoms with Gasteiger partial charge < -0.3 is 10.4 Å². The summed E-state index contributed by atoms with van der Waals surface area (Å²) in [4.78, 5) is 17.0. The summed E-state index contributed by atoms with van der Waals surface area (Å²) in [6.07, 6.45) is 5.30. The Labute approximate surface area is 137 Å². The van der Waals surface area contributed by atoms with Gasteiger partial charge in [-0.05, 0) is 30.4 Å². The number of phenolic OH excluding ortho intramolecular Hbond substituents is 1. The maximum Gasteiger partial charge on any atom is 0.227 e. The molecule has 7 heteroatoms. The van der Waals surface area contributed by atoms with E-state index < -0.39 is 0 Å². The second kappa shape index (κ2) is 5.42. The lowest BCUT2D eigenvalue weighted by atomic mass is 9.81. The molecule has 1 aromatic carbocycles. The molecule has 0 unspecified atom stereocenters. The van der Waals surface area contributed by atoms with Crippen LogP contribution >= 0.6 is 11.8 Å². The van der Waals surface area contributed by atoms with E-state index in [1.165, 1.54) is 11.8 Å². The van der Waals surface area contributed by atoms with Crippen molar-refractivity contribution in [2.75, 3.05) is 11.6 Å². The summed E-state index contributed by atoms with van der Waals surface area (Å²) >= 11 is 1.47. The molecule has 1 aliphatic heterocycles. The highest BCUT2D eigenvalue weighted by atomic mass is 32.2. The van der Waals surface area contributed by atoms with Crippen LogP contribution in [0, 0.1) is 5.92 Å². The number of thioether (sulfide) groups is 1. The number of carbonyl (C=O) groups excluding carboxylic acids is 1. The summed E-state index contributed by atoms with van der Waals surface area (Å²) in [6.45, 7) is 0. The summed E-state index contributed by atoms with van der Waals surface area (Å²) < 4.78 is 1.80. The summed E-state index contributed by atoms with van der Waals surface area (Å²) in [6, 6.07) is 6.73. The maximum absolute atomic E-state index is 12.6. The van der Waals surface area contributed by atoms with Crippen LogP contribution in [0.15, 0.2) is 41.2 Å². The third kappa shape index (κ3) is 2.31. The van der Waals surface area contributed by atoms with Gasteiger partial charge in [-0.3, -0.25) is 4.79 Å².